The number of fused-ring (bicyclic) bond motifs is 2. The molecule has 1 aliphatic heterocycles. The maximum absolute atomic E-state index is 13.6. The molecular formula is C26H30Cl2N2O4. The number of hydrogen-bond acceptors (Lipinski definition) is 4. The molecule has 6 nitrogen and oxygen atoms in total. The average Bonchev–Trinajstić information content (AvgIpc) is 3.55. The highest BCUT2D eigenvalue weighted by molar-refractivity contribution is 6.51. The Morgan fingerprint density at radius 1 is 1.12 bits per heavy atom. The molecule has 0 radical (unpaired) electrons. The Balaban J connectivity index is 1.32. The summed E-state index contributed by atoms with van der Waals surface area (Å²) in [5, 5.41) is 2.79. The standard InChI is InChI=1S/C26H30Cl2N2O4/c1-13(18-10-16-5-3-4-6-17(16)11-18)25(34)30-12-19-21(26(19,27)28)22(30)24(33)29-20(9-15-7-8-15)23(32)14(2)31/h3-6,13,15,18-22H,7-12H2,1-2H3,(H,29,33)/t13-,19-,20-,21-,22-/m0/s1. The van der Waals surface area contributed by atoms with Crippen molar-refractivity contribution in [3.63, 3.8) is 0 Å². The van der Waals surface area contributed by atoms with E-state index in [4.69, 9.17) is 23.2 Å². The maximum atomic E-state index is 13.6. The third-order valence-corrected chi connectivity index (χ3v) is 9.37. The normalized spacial score (nSPS) is 28.6. The van der Waals surface area contributed by atoms with Crippen LogP contribution in [0, 0.1) is 29.6 Å². The summed E-state index contributed by atoms with van der Waals surface area (Å²) in [7, 11) is 0. The highest BCUT2D eigenvalue weighted by Gasteiger charge is 2.74. The lowest BCUT2D eigenvalue weighted by Crippen LogP contribution is -2.55. The van der Waals surface area contributed by atoms with E-state index in [1.807, 2.05) is 19.1 Å². The number of rotatable bonds is 8. The molecule has 3 aliphatic carbocycles. The van der Waals surface area contributed by atoms with Crippen LogP contribution in [0.1, 0.15) is 44.2 Å². The van der Waals surface area contributed by atoms with Gasteiger partial charge in [0.2, 0.25) is 17.6 Å². The molecule has 0 aromatic heterocycles. The SMILES string of the molecule is CC(=O)C(=O)[C@H](CC1CC1)NC(=O)[C@@H]1[C@@H]2[C@H](CN1C(=O)[C@@H](C)C1Cc3ccccc3C1)C2(Cl)Cl. The topological polar surface area (TPSA) is 83.6 Å². The second-order valence-corrected chi connectivity index (χ2v) is 12.1. The molecule has 3 fully saturated rings. The molecule has 8 heteroatoms. The predicted molar refractivity (Wildman–Crippen MR) is 128 cm³/mol. The highest BCUT2D eigenvalue weighted by atomic mass is 35.5. The van der Waals surface area contributed by atoms with Gasteiger partial charge in [-0.3, -0.25) is 19.2 Å². The summed E-state index contributed by atoms with van der Waals surface area (Å²) in [6.45, 7) is 3.48. The van der Waals surface area contributed by atoms with Gasteiger partial charge in [-0.1, -0.05) is 44.0 Å². The van der Waals surface area contributed by atoms with Crippen molar-refractivity contribution in [2.75, 3.05) is 6.54 Å². The molecule has 0 unspecified atom stereocenters. The summed E-state index contributed by atoms with van der Waals surface area (Å²) >= 11 is 12.9. The Morgan fingerprint density at radius 3 is 2.29 bits per heavy atom. The fraction of sp³-hybridized carbons (Fsp3) is 0.615. The average molecular weight is 505 g/mol. The maximum Gasteiger partial charge on any atom is 0.243 e. The largest absolute Gasteiger partial charge is 0.344 e. The number of amides is 2. The third kappa shape index (κ3) is 4.17. The molecule has 1 N–H and O–H groups in total. The molecule has 0 bridgehead atoms. The Labute approximate surface area is 209 Å². The quantitative estimate of drug-likeness (QED) is 0.435. The smallest absolute Gasteiger partial charge is 0.243 e. The lowest BCUT2D eigenvalue weighted by Gasteiger charge is -2.33. The minimum atomic E-state index is -1.05. The number of alkyl halides is 2. The van der Waals surface area contributed by atoms with Crippen LogP contribution in [0.3, 0.4) is 0 Å². The van der Waals surface area contributed by atoms with E-state index in [1.165, 1.54) is 18.1 Å². The van der Waals surface area contributed by atoms with Crippen LogP contribution in [-0.4, -0.2) is 51.2 Å². The van der Waals surface area contributed by atoms with Gasteiger partial charge in [-0.2, -0.15) is 0 Å². The molecule has 1 aromatic rings. The Kier molecular flexibility index (Phi) is 6.04. The van der Waals surface area contributed by atoms with Gasteiger partial charge in [0.15, 0.2) is 5.78 Å². The van der Waals surface area contributed by atoms with Crippen LogP contribution >= 0.6 is 23.2 Å². The first kappa shape index (κ1) is 23.8. The van der Waals surface area contributed by atoms with E-state index in [2.05, 4.69) is 17.4 Å². The molecule has 182 valence electrons. The first-order valence-corrected chi connectivity index (χ1v) is 13.0. The van der Waals surface area contributed by atoms with E-state index in [9.17, 15) is 19.2 Å². The minimum Gasteiger partial charge on any atom is -0.344 e. The van der Waals surface area contributed by atoms with E-state index >= 15 is 0 Å². The van der Waals surface area contributed by atoms with Crippen molar-refractivity contribution >= 4 is 46.6 Å². The zero-order valence-electron chi connectivity index (χ0n) is 19.4. The first-order chi connectivity index (χ1) is 16.1. The summed E-state index contributed by atoms with van der Waals surface area (Å²) in [5.41, 5.74) is 2.55. The second kappa shape index (κ2) is 8.63. The van der Waals surface area contributed by atoms with Crippen LogP contribution in [0.25, 0.3) is 0 Å². The summed E-state index contributed by atoms with van der Waals surface area (Å²) in [6.07, 6.45) is 4.11. The lowest BCUT2D eigenvalue weighted by atomic mass is 9.89. The molecular weight excluding hydrogens is 475 g/mol. The van der Waals surface area contributed by atoms with Crippen molar-refractivity contribution < 1.29 is 19.2 Å². The van der Waals surface area contributed by atoms with Crippen LogP contribution in [0.4, 0.5) is 0 Å². The van der Waals surface area contributed by atoms with Crippen molar-refractivity contribution in [3.05, 3.63) is 35.4 Å². The molecule has 2 saturated carbocycles. The molecule has 1 heterocycles. The van der Waals surface area contributed by atoms with Crippen LogP contribution in [0.2, 0.25) is 0 Å². The number of ketones is 2. The van der Waals surface area contributed by atoms with Crippen LogP contribution < -0.4 is 5.32 Å². The van der Waals surface area contributed by atoms with Crippen molar-refractivity contribution in [2.45, 2.75) is 62.4 Å². The van der Waals surface area contributed by atoms with Gasteiger partial charge in [-0.05, 0) is 42.2 Å². The van der Waals surface area contributed by atoms with E-state index in [1.54, 1.807) is 4.90 Å². The fourth-order valence-corrected chi connectivity index (χ4v) is 6.79. The molecule has 0 spiro atoms. The van der Waals surface area contributed by atoms with Gasteiger partial charge in [0, 0.05) is 31.2 Å². The van der Waals surface area contributed by atoms with Gasteiger partial charge in [0.25, 0.3) is 0 Å². The number of nitrogens with one attached hydrogen (secondary N) is 1. The highest BCUT2D eigenvalue weighted by Crippen LogP contribution is 2.65. The predicted octanol–water partition coefficient (Wildman–Crippen LogP) is 3.11. The van der Waals surface area contributed by atoms with Gasteiger partial charge < -0.3 is 10.2 Å². The van der Waals surface area contributed by atoms with Gasteiger partial charge in [0.05, 0.1) is 6.04 Å². The Bertz CT molecular complexity index is 1030. The fourth-order valence-electron chi connectivity index (χ4n) is 5.96. The Morgan fingerprint density at radius 2 is 1.74 bits per heavy atom. The van der Waals surface area contributed by atoms with E-state index < -0.39 is 33.9 Å². The minimum absolute atomic E-state index is 0.0778. The van der Waals surface area contributed by atoms with Gasteiger partial charge in [-0.25, -0.2) is 0 Å². The summed E-state index contributed by atoms with van der Waals surface area (Å²) < 4.78 is -1.05. The third-order valence-electron chi connectivity index (χ3n) is 8.31. The van der Waals surface area contributed by atoms with Gasteiger partial charge in [-0.15, -0.1) is 23.2 Å². The zero-order valence-corrected chi connectivity index (χ0v) is 20.9. The Hall–Kier alpha value is -1.92. The molecule has 5 atom stereocenters. The van der Waals surface area contributed by atoms with Gasteiger partial charge >= 0.3 is 0 Å². The second-order valence-electron chi connectivity index (χ2n) is 10.6. The zero-order chi connectivity index (χ0) is 24.4. The molecule has 5 rings (SSSR count). The number of likely N-dealkylation sites (tertiary alicyclic amines) is 1. The van der Waals surface area contributed by atoms with Crippen LogP contribution in [0.15, 0.2) is 24.3 Å². The monoisotopic (exact) mass is 504 g/mol. The van der Waals surface area contributed by atoms with Crippen LogP contribution in [0.5, 0.6) is 0 Å². The van der Waals surface area contributed by atoms with Crippen molar-refractivity contribution in [1.29, 1.82) is 0 Å². The van der Waals surface area contributed by atoms with Crippen molar-refractivity contribution in [2.24, 2.45) is 29.6 Å². The summed E-state index contributed by atoms with van der Waals surface area (Å²) in [4.78, 5) is 53.0. The first-order valence-electron chi connectivity index (χ1n) is 12.2. The molecule has 4 aliphatic rings. The van der Waals surface area contributed by atoms with Crippen molar-refractivity contribution in [3.8, 4) is 0 Å². The molecule has 1 aromatic carbocycles. The number of nitrogens with zero attached hydrogens (tertiary/aromatic N) is 1. The number of carbonyl (C=O) groups is 4. The van der Waals surface area contributed by atoms with Gasteiger partial charge in [0.1, 0.15) is 10.4 Å². The molecule has 2 amide bonds. The summed E-state index contributed by atoms with van der Waals surface area (Å²) in [6, 6.07) is 6.55. The number of hydrogen-bond donors (Lipinski definition) is 1. The number of Topliss-reactive ketones (excluding diaryl/α,β-unsaturated/α-hetero) is 2. The molecule has 1 saturated heterocycles. The van der Waals surface area contributed by atoms with Crippen molar-refractivity contribution in [1.82, 2.24) is 10.2 Å². The number of piperidine rings is 1. The van der Waals surface area contributed by atoms with E-state index in [0.29, 0.717) is 18.9 Å². The van der Waals surface area contributed by atoms with E-state index in [0.717, 1.165) is 25.7 Å². The lowest BCUT2D eigenvalue weighted by molar-refractivity contribution is -0.145. The number of benzene rings is 1. The summed E-state index contributed by atoms with van der Waals surface area (Å²) in [5.74, 6) is -1.98. The van der Waals surface area contributed by atoms with E-state index in [-0.39, 0.29) is 29.6 Å². The number of halogens is 2. The number of carbonyl (C=O) groups excluding carboxylic acids is 4. The van der Waals surface area contributed by atoms with Crippen LogP contribution in [-0.2, 0) is 32.0 Å². The molecule has 34 heavy (non-hydrogen) atoms.